The van der Waals surface area contributed by atoms with Crippen molar-refractivity contribution >= 4 is 35.2 Å². The van der Waals surface area contributed by atoms with E-state index in [1.54, 1.807) is 24.3 Å². The Morgan fingerprint density at radius 3 is 2.42 bits per heavy atom. The summed E-state index contributed by atoms with van der Waals surface area (Å²) in [6, 6.07) is 13.6. The highest BCUT2D eigenvalue weighted by molar-refractivity contribution is 6.31. The summed E-state index contributed by atoms with van der Waals surface area (Å²) in [4.78, 5) is 39.8. The highest BCUT2D eigenvalue weighted by Gasteiger charge is 2.44. The van der Waals surface area contributed by atoms with Crippen LogP contribution in [0.2, 0.25) is 5.02 Å². The Kier molecular flexibility index (Phi) is 9.69. The van der Waals surface area contributed by atoms with Crippen molar-refractivity contribution in [1.82, 2.24) is 10.2 Å². The lowest BCUT2D eigenvalue weighted by atomic mass is 9.78. The van der Waals surface area contributed by atoms with Crippen molar-refractivity contribution in [1.29, 1.82) is 0 Å². The molecule has 2 aromatic carbocycles. The van der Waals surface area contributed by atoms with E-state index in [2.05, 4.69) is 10.6 Å². The predicted molar refractivity (Wildman–Crippen MR) is 137 cm³/mol. The Morgan fingerprint density at radius 1 is 1.14 bits per heavy atom. The van der Waals surface area contributed by atoms with Crippen molar-refractivity contribution in [2.75, 3.05) is 31.6 Å². The van der Waals surface area contributed by atoms with Gasteiger partial charge < -0.3 is 25.8 Å². The number of nitrogens with one attached hydrogen (secondary N) is 2. The third-order valence-corrected chi connectivity index (χ3v) is 6.88. The fourth-order valence-electron chi connectivity index (χ4n) is 4.09. The third-order valence-electron chi connectivity index (χ3n) is 6.51. The second kappa shape index (κ2) is 12.7. The number of anilines is 1. The quantitative estimate of drug-likeness (QED) is 0.405. The summed E-state index contributed by atoms with van der Waals surface area (Å²) in [5, 5.41) is 15.3. The first-order valence-electron chi connectivity index (χ1n) is 12.0. The number of aliphatic hydroxyl groups is 1. The average Bonchev–Trinajstić information content (AvgIpc) is 2.91. The smallest absolute Gasteiger partial charge is 0.411 e. The summed E-state index contributed by atoms with van der Waals surface area (Å²) < 4.78 is 5.50. The van der Waals surface area contributed by atoms with Gasteiger partial charge in [-0.05, 0) is 48.6 Å². The Labute approximate surface area is 215 Å². The number of halogens is 1. The molecule has 5 N–H and O–H groups in total. The molecule has 0 spiro atoms. The minimum absolute atomic E-state index is 0.158. The molecule has 1 heterocycles. The molecule has 0 radical (unpaired) electrons. The monoisotopic (exact) mass is 516 g/mol. The van der Waals surface area contributed by atoms with Crippen LogP contribution in [0, 0.1) is 5.41 Å². The largest absolute Gasteiger partial charge is 0.448 e. The fraction of sp³-hybridized carbons (Fsp3) is 0.423. The Balaban J connectivity index is 1.67. The number of nitrogens with zero attached hydrogens (tertiary/aromatic N) is 1. The number of amides is 3. The molecule has 1 fully saturated rings. The molecular weight excluding hydrogens is 484 g/mol. The van der Waals surface area contributed by atoms with Crippen LogP contribution in [0.5, 0.6) is 0 Å². The number of hydrogen-bond donors (Lipinski definition) is 4. The number of benzene rings is 2. The van der Waals surface area contributed by atoms with Crippen LogP contribution in [0.1, 0.15) is 30.9 Å². The summed E-state index contributed by atoms with van der Waals surface area (Å²) in [6.07, 6.45) is 0.755. The number of aryl methyl sites for hydroxylation is 1. The molecule has 194 valence electrons. The van der Waals surface area contributed by atoms with Crippen LogP contribution in [-0.4, -0.2) is 60.3 Å². The van der Waals surface area contributed by atoms with Crippen molar-refractivity contribution in [3.8, 4) is 0 Å². The minimum Gasteiger partial charge on any atom is -0.448 e. The van der Waals surface area contributed by atoms with Crippen molar-refractivity contribution in [3.63, 3.8) is 0 Å². The number of nitrogens with two attached hydrogens (primary N) is 1. The molecule has 0 saturated carbocycles. The van der Waals surface area contributed by atoms with Crippen LogP contribution in [0.15, 0.2) is 48.5 Å². The zero-order chi connectivity index (χ0) is 26.1. The van der Waals surface area contributed by atoms with Crippen molar-refractivity contribution < 1.29 is 24.2 Å². The molecule has 10 heteroatoms. The van der Waals surface area contributed by atoms with Gasteiger partial charge >= 0.3 is 6.09 Å². The lowest BCUT2D eigenvalue weighted by molar-refractivity contribution is -0.144. The zero-order valence-electron chi connectivity index (χ0n) is 20.3. The Morgan fingerprint density at radius 2 is 1.81 bits per heavy atom. The molecule has 1 unspecified atom stereocenters. The predicted octanol–water partition coefficient (Wildman–Crippen LogP) is 2.70. The lowest BCUT2D eigenvalue weighted by Gasteiger charge is -2.40. The number of hydrogen-bond acceptors (Lipinski definition) is 6. The maximum absolute atomic E-state index is 13.4. The van der Waals surface area contributed by atoms with Crippen LogP contribution >= 0.6 is 11.6 Å². The third kappa shape index (κ3) is 6.96. The number of piperidine rings is 1. The van der Waals surface area contributed by atoms with E-state index in [1.807, 2.05) is 31.2 Å². The van der Waals surface area contributed by atoms with E-state index in [9.17, 15) is 19.5 Å². The van der Waals surface area contributed by atoms with Gasteiger partial charge in [0.25, 0.3) is 0 Å². The van der Waals surface area contributed by atoms with Gasteiger partial charge in [0.2, 0.25) is 11.8 Å². The van der Waals surface area contributed by atoms with E-state index in [0.717, 1.165) is 17.5 Å². The number of likely N-dealkylation sites (tertiary alicyclic amines) is 1. The van der Waals surface area contributed by atoms with Crippen molar-refractivity contribution in [2.24, 2.45) is 11.1 Å². The first-order valence-corrected chi connectivity index (χ1v) is 12.4. The molecule has 3 rings (SSSR count). The lowest BCUT2D eigenvalue weighted by Crippen LogP contribution is -2.55. The zero-order valence-corrected chi connectivity index (χ0v) is 21.1. The van der Waals surface area contributed by atoms with Gasteiger partial charge in [0.1, 0.15) is 12.6 Å². The molecule has 0 aliphatic carbocycles. The van der Waals surface area contributed by atoms with Gasteiger partial charge in [-0.15, -0.1) is 0 Å². The van der Waals surface area contributed by atoms with Gasteiger partial charge in [0, 0.05) is 30.3 Å². The fourth-order valence-corrected chi connectivity index (χ4v) is 4.29. The average molecular weight is 517 g/mol. The number of rotatable bonds is 9. The van der Waals surface area contributed by atoms with Crippen LogP contribution in [0.4, 0.5) is 10.5 Å². The first kappa shape index (κ1) is 27.4. The summed E-state index contributed by atoms with van der Waals surface area (Å²) in [7, 11) is 0. The summed E-state index contributed by atoms with van der Waals surface area (Å²) in [5.41, 5.74) is 7.14. The van der Waals surface area contributed by atoms with Gasteiger partial charge in [0.15, 0.2) is 0 Å². The summed E-state index contributed by atoms with van der Waals surface area (Å²) >= 11 is 6.22. The molecule has 0 bridgehead atoms. The molecule has 3 amide bonds. The topological polar surface area (TPSA) is 134 Å². The first-order chi connectivity index (χ1) is 17.3. The van der Waals surface area contributed by atoms with Gasteiger partial charge in [-0.2, -0.15) is 0 Å². The number of carbonyl (C=O) groups is 3. The second-order valence-electron chi connectivity index (χ2n) is 8.92. The molecule has 1 aliphatic heterocycles. The highest BCUT2D eigenvalue weighted by Crippen LogP contribution is 2.33. The highest BCUT2D eigenvalue weighted by atomic mass is 35.5. The molecule has 2 aromatic rings. The van der Waals surface area contributed by atoms with Crippen LogP contribution in [0.25, 0.3) is 0 Å². The number of ether oxygens (including phenoxy) is 1. The van der Waals surface area contributed by atoms with E-state index in [-0.39, 0.29) is 50.9 Å². The second-order valence-corrected chi connectivity index (χ2v) is 9.33. The van der Waals surface area contributed by atoms with Crippen molar-refractivity contribution in [2.45, 2.75) is 38.8 Å². The summed E-state index contributed by atoms with van der Waals surface area (Å²) in [6.45, 7) is 2.14. The van der Waals surface area contributed by atoms with E-state index in [4.69, 9.17) is 22.1 Å². The minimum atomic E-state index is -1.04. The van der Waals surface area contributed by atoms with Gasteiger partial charge in [-0.1, -0.05) is 48.9 Å². The Hall–Kier alpha value is -3.14. The Bertz CT molecular complexity index is 1050. The molecule has 1 aliphatic rings. The van der Waals surface area contributed by atoms with Crippen LogP contribution in [-0.2, 0) is 27.3 Å². The molecule has 1 atom stereocenters. The molecule has 1 saturated heterocycles. The van der Waals surface area contributed by atoms with Gasteiger partial charge in [0.05, 0.1) is 12.0 Å². The normalized spacial score (nSPS) is 15.6. The summed E-state index contributed by atoms with van der Waals surface area (Å²) in [5.74, 6) is -0.669. The van der Waals surface area contributed by atoms with E-state index < -0.39 is 24.2 Å². The molecular formula is C26H33ClN4O5. The SMILES string of the molecule is CCc1ccc(NC(=O)OCC2(C(=O)NCc3ccccc3Cl)CCN(C(=O)C(N)CO)CC2)cc1. The van der Waals surface area contributed by atoms with E-state index in [1.165, 1.54) is 4.90 Å². The number of carbonyl (C=O) groups excluding carboxylic acids is 3. The van der Waals surface area contributed by atoms with Crippen LogP contribution < -0.4 is 16.4 Å². The van der Waals surface area contributed by atoms with E-state index in [0.29, 0.717) is 10.7 Å². The molecule has 0 aromatic heterocycles. The molecule has 9 nitrogen and oxygen atoms in total. The van der Waals surface area contributed by atoms with Crippen molar-refractivity contribution in [3.05, 3.63) is 64.7 Å². The maximum Gasteiger partial charge on any atom is 0.411 e. The van der Waals surface area contributed by atoms with Crippen LogP contribution in [0.3, 0.4) is 0 Å². The van der Waals surface area contributed by atoms with E-state index >= 15 is 0 Å². The molecule has 36 heavy (non-hydrogen) atoms. The van der Waals surface area contributed by atoms with Gasteiger partial charge in [-0.25, -0.2) is 4.79 Å². The standard InChI is InChI=1S/C26H33ClN4O5/c1-2-18-7-9-20(10-8-18)30-25(35)36-17-26(11-13-31(14-12-26)23(33)22(28)16-32)24(34)29-15-19-5-3-4-6-21(19)27/h3-10,22,32H,2,11-17,28H2,1H3,(H,29,34)(H,30,35). The number of aliphatic hydroxyl groups excluding tert-OH is 1. The van der Waals surface area contributed by atoms with Gasteiger partial charge in [-0.3, -0.25) is 14.9 Å². The maximum atomic E-state index is 13.4.